The van der Waals surface area contributed by atoms with Crippen molar-refractivity contribution in [2.24, 2.45) is 5.11 Å². The Balaban J connectivity index is 1.94. The van der Waals surface area contributed by atoms with Crippen molar-refractivity contribution in [2.75, 3.05) is 46.2 Å². The van der Waals surface area contributed by atoms with Gasteiger partial charge in [-0.15, -0.1) is 0 Å². The van der Waals surface area contributed by atoms with Crippen molar-refractivity contribution in [1.82, 2.24) is 0 Å². The van der Waals surface area contributed by atoms with Crippen LogP contribution in [0.15, 0.2) is 5.11 Å². The number of hydrogen-bond donors (Lipinski definition) is 0. The highest BCUT2D eigenvalue weighted by molar-refractivity contribution is 5.87. The van der Waals surface area contributed by atoms with E-state index in [4.69, 9.17) is 29.2 Å². The standard InChI is InChI=1S/C12H19N3O7/c1-9-11(16)22-10(12(17)21-9)8-20-7-6-19-5-4-18-3-2-14-15-13/h9-10H,2-8H2,1H3. The van der Waals surface area contributed by atoms with Gasteiger partial charge in [0.15, 0.2) is 6.10 Å². The number of nitrogens with zero attached hydrogens (tertiary/aromatic N) is 3. The first-order chi connectivity index (χ1) is 10.6. The Labute approximate surface area is 127 Å². The smallest absolute Gasteiger partial charge is 0.350 e. The summed E-state index contributed by atoms with van der Waals surface area (Å²) in [5.74, 6) is -1.19. The van der Waals surface area contributed by atoms with E-state index in [1.807, 2.05) is 0 Å². The van der Waals surface area contributed by atoms with Crippen LogP contribution in [0.5, 0.6) is 0 Å². The predicted molar refractivity (Wildman–Crippen MR) is 71.9 cm³/mol. The molecule has 22 heavy (non-hydrogen) atoms. The van der Waals surface area contributed by atoms with Gasteiger partial charge < -0.3 is 23.7 Å². The van der Waals surface area contributed by atoms with Gasteiger partial charge in [-0.25, -0.2) is 9.59 Å². The molecule has 0 amide bonds. The average molecular weight is 317 g/mol. The largest absolute Gasteiger partial charge is 0.448 e. The number of carbonyl (C=O) groups is 2. The van der Waals surface area contributed by atoms with Crippen LogP contribution in [0.4, 0.5) is 0 Å². The van der Waals surface area contributed by atoms with Crippen molar-refractivity contribution in [3.63, 3.8) is 0 Å². The summed E-state index contributed by atoms with van der Waals surface area (Å²) in [4.78, 5) is 25.2. The molecular weight excluding hydrogens is 298 g/mol. The summed E-state index contributed by atoms with van der Waals surface area (Å²) < 4.78 is 25.2. The SMILES string of the molecule is CC1OC(=O)C(COCCOCCOCCN=[N+]=[N-])OC1=O. The number of cyclic esters (lactones) is 2. The summed E-state index contributed by atoms with van der Waals surface area (Å²) in [7, 11) is 0. The lowest BCUT2D eigenvalue weighted by Crippen LogP contribution is -2.44. The van der Waals surface area contributed by atoms with Crippen molar-refractivity contribution in [2.45, 2.75) is 19.1 Å². The molecule has 1 fully saturated rings. The van der Waals surface area contributed by atoms with Crippen molar-refractivity contribution >= 4 is 11.9 Å². The summed E-state index contributed by atoms with van der Waals surface area (Å²) in [6, 6.07) is 0. The van der Waals surface area contributed by atoms with Gasteiger partial charge in [-0.1, -0.05) is 5.11 Å². The highest BCUT2D eigenvalue weighted by Crippen LogP contribution is 2.10. The number of carbonyl (C=O) groups excluding carboxylic acids is 2. The molecule has 0 spiro atoms. The molecule has 1 rings (SSSR count). The van der Waals surface area contributed by atoms with E-state index in [0.717, 1.165) is 0 Å². The lowest BCUT2D eigenvalue weighted by atomic mass is 10.3. The number of rotatable bonds is 11. The van der Waals surface area contributed by atoms with Crippen molar-refractivity contribution < 1.29 is 33.3 Å². The molecule has 0 aromatic carbocycles. The van der Waals surface area contributed by atoms with Gasteiger partial charge in [0, 0.05) is 11.5 Å². The van der Waals surface area contributed by atoms with E-state index >= 15 is 0 Å². The van der Waals surface area contributed by atoms with E-state index in [0.29, 0.717) is 26.4 Å². The monoisotopic (exact) mass is 317 g/mol. The highest BCUT2D eigenvalue weighted by atomic mass is 16.7. The van der Waals surface area contributed by atoms with E-state index in [1.54, 1.807) is 0 Å². The quantitative estimate of drug-likeness (QED) is 0.175. The average Bonchev–Trinajstić information content (AvgIpc) is 2.49. The molecule has 0 bridgehead atoms. The number of azide groups is 1. The maximum Gasteiger partial charge on any atom is 0.350 e. The van der Waals surface area contributed by atoms with Gasteiger partial charge >= 0.3 is 11.9 Å². The molecule has 1 heterocycles. The first kappa shape index (κ1) is 18.2. The Kier molecular flexibility index (Phi) is 8.92. The summed E-state index contributed by atoms with van der Waals surface area (Å²) in [5, 5.41) is 3.31. The summed E-state index contributed by atoms with van der Waals surface area (Å²) in [6.07, 6.45) is -1.89. The maximum absolute atomic E-state index is 11.4. The molecule has 10 heteroatoms. The van der Waals surface area contributed by atoms with Crippen LogP contribution in [0.1, 0.15) is 6.92 Å². The zero-order chi connectivity index (χ0) is 16.2. The van der Waals surface area contributed by atoms with Gasteiger partial charge in [-0.2, -0.15) is 0 Å². The Morgan fingerprint density at radius 1 is 1.05 bits per heavy atom. The molecule has 0 aromatic rings. The molecular formula is C12H19N3O7. The molecule has 0 aromatic heterocycles. The number of esters is 2. The minimum atomic E-state index is -1.02. The third-order valence-electron chi connectivity index (χ3n) is 2.56. The fourth-order valence-corrected chi connectivity index (χ4v) is 1.46. The van der Waals surface area contributed by atoms with Gasteiger partial charge in [-0.3, -0.25) is 0 Å². The van der Waals surface area contributed by atoms with Crippen LogP contribution in [0.2, 0.25) is 0 Å². The molecule has 2 atom stereocenters. The second-order valence-corrected chi connectivity index (χ2v) is 4.26. The second-order valence-electron chi connectivity index (χ2n) is 4.26. The minimum Gasteiger partial charge on any atom is -0.448 e. The van der Waals surface area contributed by atoms with E-state index in [-0.39, 0.29) is 19.8 Å². The molecule has 0 saturated carbocycles. The molecule has 0 radical (unpaired) electrons. The van der Waals surface area contributed by atoms with Crippen LogP contribution in [0.3, 0.4) is 0 Å². The topological polar surface area (TPSA) is 129 Å². The molecule has 1 aliphatic heterocycles. The van der Waals surface area contributed by atoms with E-state index < -0.39 is 24.1 Å². The normalized spacial score (nSPS) is 21.0. The van der Waals surface area contributed by atoms with Gasteiger partial charge in [-0.05, 0) is 12.5 Å². The van der Waals surface area contributed by atoms with Gasteiger partial charge in [0.2, 0.25) is 6.10 Å². The van der Waals surface area contributed by atoms with Crippen LogP contribution in [0, 0.1) is 0 Å². The van der Waals surface area contributed by atoms with E-state index in [9.17, 15) is 9.59 Å². The summed E-state index contributed by atoms with van der Waals surface area (Å²) >= 11 is 0. The van der Waals surface area contributed by atoms with E-state index in [1.165, 1.54) is 6.92 Å². The van der Waals surface area contributed by atoms with Crippen molar-refractivity contribution in [3.05, 3.63) is 10.4 Å². The predicted octanol–water partition coefficient (Wildman–Crippen LogP) is 0.204. The third kappa shape index (κ3) is 7.23. The van der Waals surface area contributed by atoms with Crippen LogP contribution < -0.4 is 0 Å². The zero-order valence-corrected chi connectivity index (χ0v) is 12.3. The first-order valence-corrected chi connectivity index (χ1v) is 6.80. The number of ether oxygens (including phenoxy) is 5. The third-order valence-corrected chi connectivity index (χ3v) is 2.56. The maximum atomic E-state index is 11.4. The van der Waals surface area contributed by atoms with Gasteiger partial charge in [0.1, 0.15) is 0 Å². The zero-order valence-electron chi connectivity index (χ0n) is 12.3. The molecule has 2 unspecified atom stereocenters. The molecule has 124 valence electrons. The fraction of sp³-hybridized carbons (Fsp3) is 0.833. The molecule has 10 nitrogen and oxygen atoms in total. The molecule has 0 N–H and O–H groups in total. The first-order valence-electron chi connectivity index (χ1n) is 6.80. The van der Waals surface area contributed by atoms with Gasteiger partial charge in [0.05, 0.1) is 39.6 Å². The van der Waals surface area contributed by atoms with Crippen LogP contribution in [0.25, 0.3) is 10.4 Å². The molecule has 0 aliphatic carbocycles. The van der Waals surface area contributed by atoms with Crippen molar-refractivity contribution in [3.8, 4) is 0 Å². The Bertz CT molecular complexity index is 412. The van der Waals surface area contributed by atoms with E-state index in [2.05, 4.69) is 10.0 Å². The summed E-state index contributed by atoms with van der Waals surface area (Å²) in [6.45, 7) is 3.32. The molecule has 1 saturated heterocycles. The Morgan fingerprint density at radius 2 is 1.68 bits per heavy atom. The lowest BCUT2D eigenvalue weighted by Gasteiger charge is -2.25. The van der Waals surface area contributed by atoms with Crippen LogP contribution >= 0.6 is 0 Å². The summed E-state index contributed by atoms with van der Waals surface area (Å²) in [5.41, 5.74) is 8.04. The highest BCUT2D eigenvalue weighted by Gasteiger charge is 2.35. The van der Waals surface area contributed by atoms with Gasteiger partial charge in [0.25, 0.3) is 0 Å². The Hall–Kier alpha value is -1.87. The van der Waals surface area contributed by atoms with Crippen LogP contribution in [-0.4, -0.2) is 70.3 Å². The molecule has 1 aliphatic rings. The minimum absolute atomic E-state index is 0.0662. The lowest BCUT2D eigenvalue weighted by molar-refractivity contribution is -0.197. The van der Waals surface area contributed by atoms with Crippen LogP contribution in [-0.2, 0) is 33.3 Å². The Morgan fingerprint density at radius 3 is 2.36 bits per heavy atom. The second kappa shape index (κ2) is 10.8. The number of hydrogen-bond acceptors (Lipinski definition) is 8. The fourth-order valence-electron chi connectivity index (χ4n) is 1.46. The van der Waals surface area contributed by atoms with Crippen molar-refractivity contribution in [1.29, 1.82) is 0 Å².